The van der Waals surface area contributed by atoms with Crippen molar-refractivity contribution in [3.8, 4) is 5.75 Å². The van der Waals surface area contributed by atoms with E-state index >= 15 is 0 Å². The maximum absolute atomic E-state index is 6.12. The minimum absolute atomic E-state index is 0.721. The molecule has 2 nitrogen and oxygen atoms in total. The zero-order chi connectivity index (χ0) is 14.7. The van der Waals surface area contributed by atoms with E-state index in [0.717, 1.165) is 28.6 Å². The van der Waals surface area contributed by atoms with Gasteiger partial charge in [-0.2, -0.15) is 0 Å². The lowest BCUT2D eigenvalue weighted by molar-refractivity contribution is 0.416. The van der Waals surface area contributed by atoms with Gasteiger partial charge in [0.2, 0.25) is 0 Å². The SMILES string of the molecule is COc1cc(Cl)c(C)cc1NCc1cc(C)cc(C)c1. The number of rotatable bonds is 4. The molecule has 2 rings (SSSR count). The molecule has 0 unspecified atom stereocenters. The summed E-state index contributed by atoms with van der Waals surface area (Å²) >= 11 is 6.12. The van der Waals surface area contributed by atoms with E-state index in [1.807, 2.05) is 19.1 Å². The number of benzene rings is 2. The van der Waals surface area contributed by atoms with Gasteiger partial charge in [0, 0.05) is 17.6 Å². The Morgan fingerprint density at radius 1 is 1.00 bits per heavy atom. The van der Waals surface area contributed by atoms with Gasteiger partial charge < -0.3 is 10.1 Å². The van der Waals surface area contributed by atoms with Crippen LogP contribution in [-0.4, -0.2) is 7.11 Å². The number of halogens is 1. The molecule has 0 aromatic heterocycles. The lowest BCUT2D eigenvalue weighted by atomic mass is 10.1. The summed E-state index contributed by atoms with van der Waals surface area (Å²) in [6.07, 6.45) is 0. The van der Waals surface area contributed by atoms with Gasteiger partial charge >= 0.3 is 0 Å². The molecule has 0 aliphatic rings. The summed E-state index contributed by atoms with van der Waals surface area (Å²) < 4.78 is 5.37. The molecule has 0 radical (unpaired) electrons. The molecule has 2 aromatic carbocycles. The summed E-state index contributed by atoms with van der Waals surface area (Å²) in [6.45, 7) is 6.98. The Morgan fingerprint density at radius 3 is 2.25 bits per heavy atom. The topological polar surface area (TPSA) is 21.3 Å². The van der Waals surface area contributed by atoms with Crippen LogP contribution in [0.25, 0.3) is 0 Å². The Labute approximate surface area is 125 Å². The van der Waals surface area contributed by atoms with Gasteiger partial charge in [0.05, 0.1) is 12.8 Å². The van der Waals surface area contributed by atoms with Crippen molar-refractivity contribution in [3.63, 3.8) is 0 Å². The minimum atomic E-state index is 0.721. The third kappa shape index (κ3) is 3.45. The van der Waals surface area contributed by atoms with Gasteiger partial charge in [-0.25, -0.2) is 0 Å². The third-order valence-corrected chi connectivity index (χ3v) is 3.65. The highest BCUT2D eigenvalue weighted by Gasteiger charge is 2.07. The molecule has 0 heterocycles. The first-order valence-corrected chi connectivity index (χ1v) is 7.02. The van der Waals surface area contributed by atoms with Crippen LogP contribution >= 0.6 is 11.6 Å². The maximum Gasteiger partial charge on any atom is 0.143 e. The Kier molecular flexibility index (Phi) is 4.56. The first-order chi connectivity index (χ1) is 9.49. The van der Waals surface area contributed by atoms with E-state index in [2.05, 4.69) is 37.4 Å². The highest BCUT2D eigenvalue weighted by atomic mass is 35.5. The molecule has 20 heavy (non-hydrogen) atoms. The Hall–Kier alpha value is -1.67. The van der Waals surface area contributed by atoms with Gasteiger partial charge in [-0.1, -0.05) is 40.9 Å². The molecule has 0 saturated carbocycles. The summed E-state index contributed by atoms with van der Waals surface area (Å²) in [4.78, 5) is 0. The van der Waals surface area contributed by atoms with Crippen LogP contribution in [0.5, 0.6) is 5.75 Å². The van der Waals surface area contributed by atoms with E-state index < -0.39 is 0 Å². The minimum Gasteiger partial charge on any atom is -0.495 e. The van der Waals surface area contributed by atoms with Crippen LogP contribution in [0.1, 0.15) is 22.3 Å². The van der Waals surface area contributed by atoms with Crippen molar-refractivity contribution in [2.24, 2.45) is 0 Å². The number of methoxy groups -OCH3 is 1. The number of hydrogen-bond acceptors (Lipinski definition) is 2. The molecule has 0 bridgehead atoms. The summed E-state index contributed by atoms with van der Waals surface area (Å²) in [7, 11) is 1.66. The number of nitrogens with one attached hydrogen (secondary N) is 1. The van der Waals surface area contributed by atoms with Crippen LogP contribution in [0.2, 0.25) is 5.02 Å². The van der Waals surface area contributed by atoms with Crippen molar-refractivity contribution in [2.75, 3.05) is 12.4 Å². The number of hydrogen-bond donors (Lipinski definition) is 1. The second-order valence-corrected chi connectivity index (χ2v) is 5.56. The largest absolute Gasteiger partial charge is 0.495 e. The molecule has 0 spiro atoms. The van der Waals surface area contributed by atoms with Gasteiger partial charge in [-0.05, 0) is 38.0 Å². The molecule has 0 aliphatic heterocycles. The van der Waals surface area contributed by atoms with Gasteiger partial charge in [0.15, 0.2) is 0 Å². The van der Waals surface area contributed by atoms with E-state index in [-0.39, 0.29) is 0 Å². The standard InChI is InChI=1S/C17H20ClNO/c1-11-5-12(2)7-14(6-11)10-19-16-8-13(3)15(18)9-17(16)20-4/h5-9,19H,10H2,1-4H3. The summed E-state index contributed by atoms with van der Waals surface area (Å²) in [6, 6.07) is 10.4. The first kappa shape index (κ1) is 14.7. The average molecular weight is 290 g/mol. The molecule has 2 aromatic rings. The van der Waals surface area contributed by atoms with Crippen molar-refractivity contribution in [3.05, 3.63) is 57.6 Å². The second-order valence-electron chi connectivity index (χ2n) is 5.15. The van der Waals surface area contributed by atoms with E-state index in [1.54, 1.807) is 7.11 Å². The number of aryl methyl sites for hydroxylation is 3. The van der Waals surface area contributed by atoms with Crippen LogP contribution in [0.3, 0.4) is 0 Å². The van der Waals surface area contributed by atoms with Crippen molar-refractivity contribution >= 4 is 17.3 Å². The van der Waals surface area contributed by atoms with Gasteiger partial charge in [0.25, 0.3) is 0 Å². The van der Waals surface area contributed by atoms with E-state index in [9.17, 15) is 0 Å². The van der Waals surface area contributed by atoms with Crippen LogP contribution in [-0.2, 0) is 6.54 Å². The fourth-order valence-electron chi connectivity index (χ4n) is 2.34. The molecule has 0 amide bonds. The fourth-order valence-corrected chi connectivity index (χ4v) is 2.49. The average Bonchev–Trinajstić information content (AvgIpc) is 2.38. The molecule has 0 aliphatic carbocycles. The normalized spacial score (nSPS) is 10.4. The summed E-state index contributed by atoms with van der Waals surface area (Å²) in [5.41, 5.74) is 5.82. The monoisotopic (exact) mass is 289 g/mol. The third-order valence-electron chi connectivity index (χ3n) is 3.25. The zero-order valence-corrected chi connectivity index (χ0v) is 13.1. The Balaban J connectivity index is 2.20. The number of anilines is 1. The molecule has 0 saturated heterocycles. The van der Waals surface area contributed by atoms with Crippen LogP contribution in [0.15, 0.2) is 30.3 Å². The van der Waals surface area contributed by atoms with Crippen molar-refractivity contribution in [1.82, 2.24) is 0 Å². The van der Waals surface area contributed by atoms with E-state index in [0.29, 0.717) is 0 Å². The molecule has 0 fully saturated rings. The Morgan fingerprint density at radius 2 is 1.65 bits per heavy atom. The van der Waals surface area contributed by atoms with Gasteiger partial charge in [-0.15, -0.1) is 0 Å². The predicted octanol–water partition coefficient (Wildman–Crippen LogP) is 4.89. The molecule has 0 atom stereocenters. The van der Waals surface area contributed by atoms with Crippen LogP contribution < -0.4 is 10.1 Å². The highest BCUT2D eigenvalue weighted by molar-refractivity contribution is 6.31. The number of ether oxygens (including phenoxy) is 1. The van der Waals surface area contributed by atoms with Gasteiger partial charge in [0.1, 0.15) is 5.75 Å². The van der Waals surface area contributed by atoms with Crippen molar-refractivity contribution < 1.29 is 4.74 Å². The van der Waals surface area contributed by atoms with Gasteiger partial charge in [-0.3, -0.25) is 0 Å². The summed E-state index contributed by atoms with van der Waals surface area (Å²) in [5, 5.41) is 4.14. The predicted molar refractivity (Wildman–Crippen MR) is 86.0 cm³/mol. The van der Waals surface area contributed by atoms with Crippen molar-refractivity contribution in [2.45, 2.75) is 27.3 Å². The molecule has 106 valence electrons. The van der Waals surface area contributed by atoms with Crippen LogP contribution in [0, 0.1) is 20.8 Å². The smallest absolute Gasteiger partial charge is 0.143 e. The zero-order valence-electron chi connectivity index (χ0n) is 12.4. The molecule has 1 N–H and O–H groups in total. The molecule has 3 heteroatoms. The van der Waals surface area contributed by atoms with E-state index in [4.69, 9.17) is 16.3 Å². The maximum atomic E-state index is 6.12. The highest BCUT2D eigenvalue weighted by Crippen LogP contribution is 2.31. The quantitative estimate of drug-likeness (QED) is 0.865. The van der Waals surface area contributed by atoms with E-state index in [1.165, 1.54) is 16.7 Å². The molecular formula is C17H20ClNO. The lowest BCUT2D eigenvalue weighted by Gasteiger charge is -2.14. The molecular weight excluding hydrogens is 270 g/mol. The van der Waals surface area contributed by atoms with Crippen molar-refractivity contribution in [1.29, 1.82) is 0 Å². The fraction of sp³-hybridized carbons (Fsp3) is 0.294. The first-order valence-electron chi connectivity index (χ1n) is 6.65. The lowest BCUT2D eigenvalue weighted by Crippen LogP contribution is -2.02. The Bertz CT molecular complexity index is 602. The van der Waals surface area contributed by atoms with Crippen LogP contribution in [0.4, 0.5) is 5.69 Å². The summed E-state index contributed by atoms with van der Waals surface area (Å²) in [5.74, 6) is 0.768. The second kappa shape index (κ2) is 6.19.